The van der Waals surface area contributed by atoms with Gasteiger partial charge in [0.1, 0.15) is 12.1 Å². The van der Waals surface area contributed by atoms with Gasteiger partial charge in [0.2, 0.25) is 0 Å². The third-order valence-electron chi connectivity index (χ3n) is 4.53. The van der Waals surface area contributed by atoms with Crippen LogP contribution in [0.15, 0.2) is 18.7 Å². The summed E-state index contributed by atoms with van der Waals surface area (Å²) in [6.07, 6.45) is 8.00. The van der Waals surface area contributed by atoms with Crippen LogP contribution in [0.25, 0.3) is 0 Å². The van der Waals surface area contributed by atoms with E-state index in [2.05, 4.69) is 10.3 Å². The van der Waals surface area contributed by atoms with Crippen LogP contribution in [0.1, 0.15) is 25.3 Å². The molecule has 104 valence electrons. The van der Waals surface area contributed by atoms with Crippen molar-refractivity contribution in [3.05, 3.63) is 18.7 Å². The summed E-state index contributed by atoms with van der Waals surface area (Å²) < 4.78 is 13.5. The molecule has 2 saturated heterocycles. The number of ether oxygens (including phenoxy) is 2. The van der Waals surface area contributed by atoms with E-state index in [1.165, 1.54) is 19.3 Å². The Balaban J connectivity index is 1.57. The van der Waals surface area contributed by atoms with Gasteiger partial charge >= 0.3 is 0 Å². The summed E-state index contributed by atoms with van der Waals surface area (Å²) in [6.45, 7) is 0.553. The normalized spacial score (nSPS) is 42.3. The maximum absolute atomic E-state index is 10.7. The molecule has 1 aliphatic carbocycles. The van der Waals surface area contributed by atoms with E-state index in [-0.39, 0.29) is 24.5 Å². The second kappa shape index (κ2) is 4.56. The number of hydrogen-bond donors (Lipinski definition) is 2. The lowest BCUT2D eigenvalue weighted by Gasteiger charge is -2.42. The molecule has 4 rings (SSSR count). The van der Waals surface area contributed by atoms with E-state index >= 15 is 0 Å². The molecule has 6 heteroatoms. The smallest absolute Gasteiger partial charge is 0.181 e. The highest BCUT2D eigenvalue weighted by atomic mass is 16.7. The van der Waals surface area contributed by atoms with Gasteiger partial charge in [-0.2, -0.15) is 0 Å². The number of nitrogens with one attached hydrogen (secondary N) is 1. The molecule has 1 aromatic rings. The molecule has 1 aromatic heterocycles. The summed E-state index contributed by atoms with van der Waals surface area (Å²) in [5.41, 5.74) is 0. The zero-order valence-electron chi connectivity index (χ0n) is 10.7. The van der Waals surface area contributed by atoms with Crippen molar-refractivity contribution in [2.45, 2.75) is 55.9 Å². The van der Waals surface area contributed by atoms with E-state index in [0.717, 1.165) is 0 Å². The van der Waals surface area contributed by atoms with Crippen LogP contribution < -0.4 is 5.32 Å². The molecular weight excluding hydrogens is 246 g/mol. The molecule has 2 bridgehead atoms. The minimum Gasteiger partial charge on any atom is -0.389 e. The van der Waals surface area contributed by atoms with Gasteiger partial charge in [0.15, 0.2) is 6.29 Å². The van der Waals surface area contributed by atoms with Crippen LogP contribution in [0.4, 0.5) is 0 Å². The number of nitrogens with zero attached hydrogens (tertiary/aromatic N) is 2. The first-order valence-electron chi connectivity index (χ1n) is 7.01. The fourth-order valence-electron chi connectivity index (χ4n) is 3.22. The van der Waals surface area contributed by atoms with Crippen LogP contribution >= 0.6 is 0 Å². The Labute approximate surface area is 111 Å². The Bertz CT molecular complexity index is 434. The first-order chi connectivity index (χ1) is 9.33. The van der Waals surface area contributed by atoms with Crippen molar-refractivity contribution in [2.75, 3.05) is 6.61 Å². The third-order valence-corrected chi connectivity index (χ3v) is 4.53. The third kappa shape index (κ3) is 1.90. The monoisotopic (exact) mass is 265 g/mol. The highest BCUT2D eigenvalue weighted by Crippen LogP contribution is 2.36. The van der Waals surface area contributed by atoms with E-state index in [1.54, 1.807) is 12.5 Å². The number of aliphatic hydroxyl groups excluding tert-OH is 1. The predicted octanol–water partition coefficient (Wildman–Crippen LogP) is 0.0509. The van der Waals surface area contributed by atoms with Crippen LogP contribution in [-0.4, -0.2) is 51.8 Å². The van der Waals surface area contributed by atoms with Crippen molar-refractivity contribution < 1.29 is 14.6 Å². The molecule has 0 radical (unpaired) electrons. The number of hydrogen-bond acceptors (Lipinski definition) is 5. The number of imidazole rings is 1. The largest absolute Gasteiger partial charge is 0.389 e. The highest BCUT2D eigenvalue weighted by Gasteiger charge is 2.51. The average molecular weight is 265 g/mol. The topological polar surface area (TPSA) is 68.5 Å². The zero-order valence-corrected chi connectivity index (χ0v) is 10.7. The highest BCUT2D eigenvalue weighted by molar-refractivity contribution is 5.02. The Morgan fingerprint density at radius 3 is 2.95 bits per heavy atom. The van der Waals surface area contributed by atoms with Gasteiger partial charge in [0.25, 0.3) is 0 Å². The molecule has 0 spiro atoms. The molecule has 3 heterocycles. The van der Waals surface area contributed by atoms with E-state index in [1.807, 2.05) is 10.8 Å². The molecule has 0 aromatic carbocycles. The Kier molecular flexibility index (Phi) is 2.84. The molecular formula is C13H19N3O3. The first-order valence-corrected chi connectivity index (χ1v) is 7.01. The van der Waals surface area contributed by atoms with Crippen molar-refractivity contribution in [3.8, 4) is 0 Å². The van der Waals surface area contributed by atoms with Gasteiger partial charge in [-0.15, -0.1) is 0 Å². The number of fused-ring (bicyclic) bond motifs is 2. The standard InChI is InChI=1S/C13H19N3O3/c17-12-10(15-8-2-1-3-8)9-6-18-13(19-9)11(12)16-5-4-14-7-16/h4-5,7-13,15,17H,1-3,6H2. The van der Waals surface area contributed by atoms with Gasteiger partial charge in [-0.1, -0.05) is 6.42 Å². The fraction of sp³-hybridized carbons (Fsp3) is 0.769. The van der Waals surface area contributed by atoms with Crippen molar-refractivity contribution in [1.29, 1.82) is 0 Å². The van der Waals surface area contributed by atoms with Crippen molar-refractivity contribution in [1.82, 2.24) is 14.9 Å². The van der Waals surface area contributed by atoms with Crippen molar-refractivity contribution in [2.24, 2.45) is 0 Å². The lowest BCUT2D eigenvalue weighted by atomic mass is 9.89. The predicted molar refractivity (Wildman–Crippen MR) is 66.4 cm³/mol. The molecule has 0 amide bonds. The minimum atomic E-state index is -0.513. The Hall–Kier alpha value is -0.950. The lowest BCUT2D eigenvalue weighted by Crippen LogP contribution is -2.60. The van der Waals surface area contributed by atoms with Crippen LogP contribution in [-0.2, 0) is 9.47 Å². The number of aromatic nitrogens is 2. The summed E-state index contributed by atoms with van der Waals surface area (Å²) in [7, 11) is 0. The van der Waals surface area contributed by atoms with E-state index in [9.17, 15) is 5.11 Å². The van der Waals surface area contributed by atoms with Crippen molar-refractivity contribution >= 4 is 0 Å². The molecule has 1 saturated carbocycles. The Morgan fingerprint density at radius 1 is 1.37 bits per heavy atom. The van der Waals surface area contributed by atoms with Gasteiger partial charge in [-0.3, -0.25) is 0 Å². The summed E-state index contributed by atoms with van der Waals surface area (Å²) in [5.74, 6) is 0. The fourth-order valence-corrected chi connectivity index (χ4v) is 3.22. The molecule has 3 fully saturated rings. The zero-order chi connectivity index (χ0) is 12.8. The van der Waals surface area contributed by atoms with Crippen molar-refractivity contribution in [3.63, 3.8) is 0 Å². The maximum Gasteiger partial charge on any atom is 0.181 e. The molecule has 5 atom stereocenters. The summed E-state index contributed by atoms with van der Waals surface area (Å²) in [5, 5.41) is 14.2. The van der Waals surface area contributed by atoms with E-state index in [4.69, 9.17) is 9.47 Å². The van der Waals surface area contributed by atoms with Gasteiger partial charge in [-0.25, -0.2) is 4.98 Å². The van der Waals surface area contributed by atoms with E-state index < -0.39 is 6.10 Å². The molecule has 6 nitrogen and oxygen atoms in total. The average Bonchev–Trinajstić information content (AvgIpc) is 2.98. The van der Waals surface area contributed by atoms with Gasteiger partial charge in [0.05, 0.1) is 25.1 Å². The van der Waals surface area contributed by atoms with Gasteiger partial charge in [0, 0.05) is 18.4 Å². The van der Waals surface area contributed by atoms with Crippen LogP contribution in [0.3, 0.4) is 0 Å². The summed E-state index contributed by atoms with van der Waals surface area (Å²) in [4.78, 5) is 4.05. The molecule has 2 aliphatic heterocycles. The van der Waals surface area contributed by atoms with Gasteiger partial charge < -0.3 is 24.5 Å². The lowest BCUT2D eigenvalue weighted by molar-refractivity contribution is -0.167. The number of aliphatic hydroxyl groups is 1. The second-order valence-electron chi connectivity index (χ2n) is 5.69. The summed E-state index contributed by atoms with van der Waals surface area (Å²) >= 11 is 0. The molecule has 5 unspecified atom stereocenters. The van der Waals surface area contributed by atoms with Crippen LogP contribution in [0, 0.1) is 0 Å². The molecule has 2 N–H and O–H groups in total. The molecule has 19 heavy (non-hydrogen) atoms. The quantitative estimate of drug-likeness (QED) is 0.808. The maximum atomic E-state index is 10.7. The first kappa shape index (κ1) is 11.8. The summed E-state index contributed by atoms with van der Waals surface area (Å²) in [6, 6.07) is 0.235. The minimum absolute atomic E-state index is 0.0413. The second-order valence-corrected chi connectivity index (χ2v) is 5.69. The van der Waals surface area contributed by atoms with Gasteiger partial charge in [-0.05, 0) is 12.8 Å². The van der Waals surface area contributed by atoms with E-state index in [0.29, 0.717) is 12.6 Å². The van der Waals surface area contributed by atoms with Crippen LogP contribution in [0.2, 0.25) is 0 Å². The molecule has 3 aliphatic rings. The Morgan fingerprint density at radius 2 is 2.26 bits per heavy atom. The number of rotatable bonds is 3. The van der Waals surface area contributed by atoms with Crippen LogP contribution in [0.5, 0.6) is 0 Å². The SMILES string of the molecule is OC1C(NC2CCC2)C2COC(O2)C1n1ccnc1.